The van der Waals surface area contributed by atoms with Gasteiger partial charge in [0.05, 0.1) is 5.33 Å². The molecule has 1 heterocycles. The van der Waals surface area contributed by atoms with Crippen LogP contribution in [-0.4, -0.2) is 22.9 Å². The van der Waals surface area contributed by atoms with Crippen LogP contribution >= 0.6 is 15.9 Å². The minimum Gasteiger partial charge on any atom is -0.507 e. The number of amides is 1. The number of benzene rings is 2. The van der Waals surface area contributed by atoms with Crippen molar-refractivity contribution in [3.8, 4) is 5.75 Å². The van der Waals surface area contributed by atoms with Crippen molar-refractivity contribution in [1.29, 1.82) is 0 Å². The molecule has 0 atom stereocenters. The van der Waals surface area contributed by atoms with Crippen molar-refractivity contribution in [3.63, 3.8) is 0 Å². The van der Waals surface area contributed by atoms with Crippen molar-refractivity contribution in [1.82, 2.24) is 0 Å². The van der Waals surface area contributed by atoms with Gasteiger partial charge in [-0.2, -0.15) is 0 Å². The number of phenols is 1. The second kappa shape index (κ2) is 4.48. The summed E-state index contributed by atoms with van der Waals surface area (Å²) in [5, 5.41) is 12.2. The van der Waals surface area contributed by atoms with E-state index in [4.69, 9.17) is 0 Å². The summed E-state index contributed by atoms with van der Waals surface area (Å²) in [6, 6.07) is 9.38. The van der Waals surface area contributed by atoms with Gasteiger partial charge in [-0.05, 0) is 29.1 Å². The number of anilines is 1. The lowest BCUT2D eigenvalue weighted by Gasteiger charge is -2.20. The number of hydrogen-bond acceptors (Lipinski definition) is 2. The summed E-state index contributed by atoms with van der Waals surface area (Å²) in [7, 11) is 0. The Kier molecular flexibility index (Phi) is 3.01. The van der Waals surface area contributed by atoms with Gasteiger partial charge in [0.15, 0.2) is 0 Å². The number of carbonyl (C=O) groups excluding carboxylic acids is 1. The molecular weight excluding hydrogens is 318 g/mol. The average molecular weight is 334 g/mol. The van der Waals surface area contributed by atoms with E-state index >= 15 is 0 Å². The average Bonchev–Trinajstić information content (AvgIpc) is 2.70. The molecule has 0 aromatic heterocycles. The van der Waals surface area contributed by atoms with Gasteiger partial charge in [0.1, 0.15) is 5.75 Å². The van der Waals surface area contributed by atoms with Crippen LogP contribution in [0.2, 0.25) is 0 Å². The van der Waals surface area contributed by atoms with Crippen LogP contribution in [0.5, 0.6) is 5.75 Å². The van der Waals surface area contributed by atoms with Gasteiger partial charge in [0, 0.05) is 23.0 Å². The van der Waals surface area contributed by atoms with Crippen molar-refractivity contribution >= 4 is 38.3 Å². The molecule has 2 aromatic carbocycles. The quantitative estimate of drug-likeness (QED) is 0.810. The number of alkyl halides is 1. The highest BCUT2D eigenvalue weighted by Crippen LogP contribution is 2.45. The molecule has 0 bridgehead atoms. The van der Waals surface area contributed by atoms with E-state index in [0.717, 1.165) is 22.0 Å². The minimum atomic E-state index is -0.125. The number of phenolic OH excluding ortho intramolecular Hbond substituents is 1. The van der Waals surface area contributed by atoms with Crippen LogP contribution in [0, 0.1) is 0 Å². The van der Waals surface area contributed by atoms with E-state index in [0.29, 0.717) is 11.9 Å². The second-order valence-corrected chi connectivity index (χ2v) is 6.39. The van der Waals surface area contributed by atoms with Gasteiger partial charge >= 0.3 is 0 Å². The Morgan fingerprint density at radius 2 is 2.05 bits per heavy atom. The third kappa shape index (κ3) is 1.82. The predicted octanol–water partition coefficient (Wildman–Crippen LogP) is 3.56. The fourth-order valence-corrected chi connectivity index (χ4v) is 3.42. The van der Waals surface area contributed by atoms with Gasteiger partial charge in [-0.15, -0.1) is 0 Å². The standard InChI is InChI=1S/C16H16BrNO2/c1-16(2)9-18(14(20)8-17)12-7-6-10-11(15(12)16)4-3-5-13(10)19/h3-7,19H,8-9H2,1-2H3. The minimum absolute atomic E-state index is 0.0660. The molecule has 0 saturated heterocycles. The molecule has 20 heavy (non-hydrogen) atoms. The maximum absolute atomic E-state index is 12.1. The van der Waals surface area contributed by atoms with E-state index in [9.17, 15) is 9.90 Å². The van der Waals surface area contributed by atoms with Gasteiger partial charge in [0.25, 0.3) is 0 Å². The highest BCUT2D eigenvalue weighted by atomic mass is 79.9. The molecule has 3 nitrogen and oxygen atoms in total. The van der Waals surface area contributed by atoms with Gasteiger partial charge < -0.3 is 10.0 Å². The Morgan fingerprint density at radius 3 is 2.75 bits per heavy atom. The van der Waals surface area contributed by atoms with Crippen molar-refractivity contribution in [3.05, 3.63) is 35.9 Å². The zero-order chi connectivity index (χ0) is 14.5. The molecule has 4 heteroatoms. The number of rotatable bonds is 1. The molecule has 0 spiro atoms. The molecule has 104 valence electrons. The summed E-state index contributed by atoms with van der Waals surface area (Å²) in [5.74, 6) is 0.350. The molecule has 0 aliphatic carbocycles. The van der Waals surface area contributed by atoms with E-state index in [1.54, 1.807) is 6.07 Å². The van der Waals surface area contributed by atoms with Crippen molar-refractivity contribution in [2.24, 2.45) is 0 Å². The number of fused-ring (bicyclic) bond motifs is 3. The summed E-state index contributed by atoms with van der Waals surface area (Å²) < 4.78 is 0. The highest BCUT2D eigenvalue weighted by Gasteiger charge is 2.38. The SMILES string of the molecule is CC1(C)CN(C(=O)CBr)c2ccc3c(O)cccc3c21. The zero-order valence-corrected chi connectivity index (χ0v) is 13.1. The maximum Gasteiger partial charge on any atom is 0.237 e. The van der Waals surface area contributed by atoms with Crippen LogP contribution in [0.1, 0.15) is 19.4 Å². The molecular formula is C16H16BrNO2. The topological polar surface area (TPSA) is 40.5 Å². The Morgan fingerprint density at radius 1 is 1.30 bits per heavy atom. The van der Waals surface area contributed by atoms with E-state index < -0.39 is 0 Å². The van der Waals surface area contributed by atoms with Crippen molar-refractivity contribution < 1.29 is 9.90 Å². The first-order valence-corrected chi connectivity index (χ1v) is 7.69. The molecule has 0 fully saturated rings. The molecule has 1 amide bonds. The lowest BCUT2D eigenvalue weighted by molar-refractivity contribution is -0.116. The number of hydrogen-bond donors (Lipinski definition) is 1. The van der Waals surface area contributed by atoms with Gasteiger partial charge in [-0.1, -0.05) is 41.9 Å². The fraction of sp³-hybridized carbons (Fsp3) is 0.312. The molecule has 0 unspecified atom stereocenters. The largest absolute Gasteiger partial charge is 0.507 e. The number of halogens is 1. The first kappa shape index (κ1) is 13.4. The first-order valence-electron chi connectivity index (χ1n) is 6.57. The molecule has 0 radical (unpaired) electrons. The highest BCUT2D eigenvalue weighted by molar-refractivity contribution is 9.09. The molecule has 1 aliphatic rings. The lowest BCUT2D eigenvalue weighted by Crippen LogP contribution is -2.34. The number of nitrogens with zero attached hydrogens (tertiary/aromatic N) is 1. The van der Waals surface area contributed by atoms with E-state index in [2.05, 4.69) is 29.8 Å². The Balaban J connectivity index is 2.32. The zero-order valence-electron chi connectivity index (χ0n) is 11.5. The van der Waals surface area contributed by atoms with Gasteiger partial charge in [-0.25, -0.2) is 0 Å². The fourth-order valence-electron chi connectivity index (χ4n) is 3.12. The molecule has 0 saturated carbocycles. The summed E-state index contributed by atoms with van der Waals surface area (Å²) in [6.07, 6.45) is 0. The maximum atomic E-state index is 12.1. The summed E-state index contributed by atoms with van der Waals surface area (Å²) in [4.78, 5) is 13.9. The van der Waals surface area contributed by atoms with Crippen LogP contribution in [0.4, 0.5) is 5.69 Å². The van der Waals surface area contributed by atoms with Crippen LogP contribution in [0.15, 0.2) is 30.3 Å². The summed E-state index contributed by atoms with van der Waals surface area (Å²) >= 11 is 3.24. The molecule has 3 rings (SSSR count). The lowest BCUT2D eigenvalue weighted by atomic mass is 9.83. The summed E-state index contributed by atoms with van der Waals surface area (Å²) in [5.41, 5.74) is 1.97. The Labute approximate surface area is 126 Å². The van der Waals surface area contributed by atoms with Crippen LogP contribution in [0.25, 0.3) is 10.8 Å². The third-order valence-corrected chi connectivity index (χ3v) is 4.43. The summed E-state index contributed by atoms with van der Waals surface area (Å²) in [6.45, 7) is 4.94. The number of aromatic hydroxyl groups is 1. The number of carbonyl (C=O) groups is 1. The predicted molar refractivity (Wildman–Crippen MR) is 84.8 cm³/mol. The van der Waals surface area contributed by atoms with Crippen LogP contribution in [-0.2, 0) is 10.2 Å². The van der Waals surface area contributed by atoms with Gasteiger partial charge in [-0.3, -0.25) is 4.79 Å². The van der Waals surface area contributed by atoms with Crippen molar-refractivity contribution in [2.45, 2.75) is 19.3 Å². The van der Waals surface area contributed by atoms with Crippen LogP contribution < -0.4 is 4.90 Å². The van der Waals surface area contributed by atoms with Crippen LogP contribution in [0.3, 0.4) is 0 Å². The van der Waals surface area contributed by atoms with E-state index in [1.807, 2.05) is 29.2 Å². The smallest absolute Gasteiger partial charge is 0.237 e. The Bertz CT molecular complexity index is 709. The van der Waals surface area contributed by atoms with E-state index in [-0.39, 0.29) is 17.1 Å². The normalized spacial score (nSPS) is 16.4. The van der Waals surface area contributed by atoms with Gasteiger partial charge in [0.2, 0.25) is 5.91 Å². The monoisotopic (exact) mass is 333 g/mol. The van der Waals surface area contributed by atoms with Crippen molar-refractivity contribution in [2.75, 3.05) is 16.8 Å². The van der Waals surface area contributed by atoms with E-state index in [1.165, 1.54) is 0 Å². The molecule has 1 N–H and O–H groups in total. The first-order chi connectivity index (χ1) is 9.45. The molecule has 2 aromatic rings. The third-order valence-electron chi connectivity index (χ3n) is 3.95. The molecule has 1 aliphatic heterocycles. The second-order valence-electron chi connectivity index (χ2n) is 5.83. The Hall–Kier alpha value is -1.55.